The Morgan fingerprint density at radius 1 is 0.284 bits per heavy atom. The first kappa shape index (κ1) is 64.1. The molecule has 8 aromatic carbocycles. The lowest BCUT2D eigenvalue weighted by Gasteiger charge is -2.30. The molecule has 0 amide bonds. The highest BCUT2D eigenvalue weighted by Crippen LogP contribution is 2.49. The molecule has 0 heterocycles. The number of carbonyl (C=O) groups is 4. The Morgan fingerprint density at radius 2 is 0.500 bits per heavy atom. The smallest absolute Gasteiger partial charge is 0.343 e. The molecule has 0 N–H and O–H groups in total. The summed E-state index contributed by atoms with van der Waals surface area (Å²) in [4.78, 5) is 58.7. The predicted molar refractivity (Wildman–Crippen MR) is 354 cm³/mol. The number of unbranched alkanes of at least 4 members (excludes halogenated alkanes) is 8. The molecule has 0 saturated heterocycles. The highest BCUT2D eigenvalue weighted by molar-refractivity contribution is 5.94. The minimum absolute atomic E-state index is 0.291. The van der Waals surface area contributed by atoms with Gasteiger partial charge in [-0.05, 0) is 136 Å². The second-order valence-electron chi connectivity index (χ2n) is 24.4. The van der Waals surface area contributed by atoms with Crippen LogP contribution in [0.4, 0.5) is 0 Å². The summed E-state index contributed by atoms with van der Waals surface area (Å²) in [5.41, 5.74) is 13.2. The number of aryl methyl sites for hydroxylation is 4. The van der Waals surface area contributed by atoms with Crippen LogP contribution in [-0.2, 0) is 0 Å². The van der Waals surface area contributed by atoms with E-state index in [4.69, 9.17) is 18.9 Å². The molecule has 0 radical (unpaired) electrons. The van der Waals surface area contributed by atoms with Gasteiger partial charge < -0.3 is 18.9 Å². The molecule has 4 atom stereocenters. The second-order valence-corrected chi connectivity index (χ2v) is 24.4. The van der Waals surface area contributed by atoms with Crippen molar-refractivity contribution in [3.05, 3.63) is 259 Å². The summed E-state index contributed by atoms with van der Waals surface area (Å²) in [6.07, 6.45) is 14.4. The van der Waals surface area contributed by atoms with Crippen molar-refractivity contribution in [3.63, 3.8) is 0 Å². The maximum absolute atomic E-state index is 14.7. The fraction of sp³-hybridized carbons (Fsp3) is 0.350. The molecule has 0 spiro atoms. The van der Waals surface area contributed by atoms with Gasteiger partial charge in [0.2, 0.25) is 0 Å². The Kier molecular flexibility index (Phi) is 22.6. The van der Waals surface area contributed by atoms with Crippen LogP contribution in [0.3, 0.4) is 0 Å². The Bertz CT molecular complexity index is 3180. The molecule has 8 nitrogen and oxygen atoms in total. The number of hydrogen-bond donors (Lipinski definition) is 0. The predicted octanol–water partition coefficient (Wildman–Crippen LogP) is 21.0. The zero-order chi connectivity index (χ0) is 62.1. The Hall–Kier alpha value is -8.36. The van der Waals surface area contributed by atoms with Crippen LogP contribution in [0, 0.1) is 27.7 Å². The van der Waals surface area contributed by atoms with E-state index >= 15 is 0 Å². The standard InChI is InChI=1S/C80H88O8/c1-9-13-17-27-65-61-23-21-24-62(47-61)66(28-18-14-10-2)71-50-72(76(88-80(84)60-45-37-56(8)38-46-60)52-75(71)87-79(83)59-43-35-55(7)36-44-59)68(30-20-16-12-4)64-26-22-25-63(48-64)67(29-19-15-11-3)70-49-69(65)73(85-77(81)57-39-31-53(5)32-40-57)51-74(70)86-78(82)58-41-33-54(6)34-42-58/h21-26,31-52,65-68H,9-20,27-30H2,1-8H3. The van der Waals surface area contributed by atoms with Crippen molar-refractivity contribution in [1.82, 2.24) is 0 Å². The monoisotopic (exact) mass is 1180 g/mol. The van der Waals surface area contributed by atoms with E-state index in [9.17, 15) is 19.2 Å². The number of ether oxygens (including phenoxy) is 4. The lowest BCUT2D eigenvalue weighted by Crippen LogP contribution is -2.17. The maximum Gasteiger partial charge on any atom is 0.343 e. The largest absolute Gasteiger partial charge is 0.422 e. The van der Waals surface area contributed by atoms with Gasteiger partial charge in [-0.1, -0.05) is 224 Å². The third-order valence-electron chi connectivity index (χ3n) is 17.6. The fourth-order valence-corrected chi connectivity index (χ4v) is 12.4. The van der Waals surface area contributed by atoms with Crippen LogP contribution in [0.15, 0.2) is 170 Å². The summed E-state index contributed by atoms with van der Waals surface area (Å²) in [6.45, 7) is 16.8. The zero-order valence-electron chi connectivity index (χ0n) is 53.1. The van der Waals surface area contributed by atoms with Crippen LogP contribution in [-0.4, -0.2) is 23.9 Å². The van der Waals surface area contributed by atoms with Crippen molar-refractivity contribution in [2.75, 3.05) is 0 Å². The van der Waals surface area contributed by atoms with E-state index in [1.807, 2.05) is 88.4 Å². The van der Waals surface area contributed by atoms with E-state index < -0.39 is 23.9 Å². The van der Waals surface area contributed by atoms with Gasteiger partial charge in [-0.3, -0.25) is 0 Å². The molecule has 88 heavy (non-hydrogen) atoms. The van der Waals surface area contributed by atoms with Gasteiger partial charge in [0.15, 0.2) is 0 Å². The van der Waals surface area contributed by atoms with Crippen LogP contribution in [0.1, 0.15) is 262 Å². The SMILES string of the molecule is CCCCCC1c2cccc(c2)C(CCCCC)c2cc(c(OC(=O)c3ccc(C)cc3)cc2OC(=O)c2ccc(C)cc2)C(CCCCC)c2cccc(c2)C(CCCCC)c2cc1c(OC(=O)c1ccc(C)cc1)cc2OC(=O)c1ccc(C)cc1. The first-order valence-corrected chi connectivity index (χ1v) is 32.5. The lowest BCUT2D eigenvalue weighted by molar-refractivity contribution is 0.0711. The van der Waals surface area contributed by atoms with Crippen molar-refractivity contribution >= 4 is 23.9 Å². The minimum atomic E-state index is -0.512. The number of rotatable bonds is 24. The molecule has 0 saturated carbocycles. The number of fused-ring (bicyclic) bond motifs is 8. The molecule has 0 aliphatic heterocycles. The van der Waals surface area contributed by atoms with E-state index in [-0.39, 0.29) is 23.7 Å². The van der Waals surface area contributed by atoms with E-state index in [1.165, 1.54) is 0 Å². The lowest BCUT2D eigenvalue weighted by atomic mass is 9.77. The summed E-state index contributed by atoms with van der Waals surface area (Å²) in [7, 11) is 0. The molecule has 456 valence electrons. The summed E-state index contributed by atoms with van der Waals surface area (Å²) in [5, 5.41) is 0. The van der Waals surface area contributed by atoms with Crippen molar-refractivity contribution in [3.8, 4) is 23.0 Å². The van der Waals surface area contributed by atoms with Crippen LogP contribution in [0.2, 0.25) is 0 Å². The number of esters is 4. The van der Waals surface area contributed by atoms with Crippen molar-refractivity contribution < 1.29 is 38.1 Å². The number of benzene rings is 8. The summed E-state index contributed by atoms with van der Waals surface area (Å²) in [6, 6.07) is 55.3. The molecule has 0 fully saturated rings. The molecule has 8 bridgehead atoms. The molecular weight excluding hydrogens is 1090 g/mol. The Morgan fingerprint density at radius 3 is 0.705 bits per heavy atom. The van der Waals surface area contributed by atoms with Gasteiger partial charge in [0.1, 0.15) is 23.0 Å². The molecule has 9 rings (SSSR count). The molecule has 0 aromatic heterocycles. The Balaban J connectivity index is 1.37. The van der Waals surface area contributed by atoms with Crippen LogP contribution >= 0.6 is 0 Å². The quantitative estimate of drug-likeness (QED) is 0.0335. The van der Waals surface area contributed by atoms with Gasteiger partial charge >= 0.3 is 23.9 Å². The second kappa shape index (κ2) is 31.0. The van der Waals surface area contributed by atoms with Crippen molar-refractivity contribution in [1.29, 1.82) is 0 Å². The average molecular weight is 1180 g/mol. The van der Waals surface area contributed by atoms with E-state index in [1.54, 1.807) is 48.5 Å². The number of hydrogen-bond acceptors (Lipinski definition) is 8. The average Bonchev–Trinajstić information content (AvgIpc) is 1.87. The van der Waals surface area contributed by atoms with Gasteiger partial charge in [-0.25, -0.2) is 19.2 Å². The molecular formula is C80H88O8. The molecule has 8 heteroatoms. The molecule has 1 aliphatic rings. The topological polar surface area (TPSA) is 105 Å². The Labute approximate surface area is 523 Å². The van der Waals surface area contributed by atoms with Crippen LogP contribution in [0.25, 0.3) is 0 Å². The molecule has 1 aliphatic carbocycles. The maximum atomic E-state index is 14.7. The van der Waals surface area contributed by atoms with Crippen LogP contribution < -0.4 is 18.9 Å². The van der Waals surface area contributed by atoms with Gasteiger partial charge in [0.05, 0.1) is 22.3 Å². The summed E-state index contributed by atoms with van der Waals surface area (Å²) in [5.74, 6) is -1.89. The van der Waals surface area contributed by atoms with Crippen molar-refractivity contribution in [2.24, 2.45) is 0 Å². The molecule has 8 aromatic rings. The molecule has 4 unspecified atom stereocenters. The summed E-state index contributed by atoms with van der Waals surface area (Å²) < 4.78 is 26.9. The first-order chi connectivity index (χ1) is 42.7. The van der Waals surface area contributed by atoms with Gasteiger partial charge in [-0.2, -0.15) is 0 Å². The van der Waals surface area contributed by atoms with E-state index in [0.717, 1.165) is 169 Å². The van der Waals surface area contributed by atoms with E-state index in [0.29, 0.717) is 45.3 Å². The van der Waals surface area contributed by atoms with Crippen molar-refractivity contribution in [2.45, 2.75) is 182 Å². The van der Waals surface area contributed by atoms with Gasteiger partial charge in [-0.15, -0.1) is 0 Å². The minimum Gasteiger partial charge on any atom is -0.422 e. The number of carbonyl (C=O) groups excluding carboxylic acids is 4. The zero-order valence-corrected chi connectivity index (χ0v) is 53.1. The van der Waals surface area contributed by atoms with Gasteiger partial charge in [0.25, 0.3) is 0 Å². The third kappa shape index (κ3) is 16.2. The highest BCUT2D eigenvalue weighted by atomic mass is 16.6. The summed E-state index contributed by atoms with van der Waals surface area (Å²) >= 11 is 0. The fourth-order valence-electron chi connectivity index (χ4n) is 12.4. The normalized spacial score (nSPS) is 15.3. The first-order valence-electron chi connectivity index (χ1n) is 32.5. The van der Waals surface area contributed by atoms with E-state index in [2.05, 4.69) is 88.4 Å². The van der Waals surface area contributed by atoms with Crippen LogP contribution in [0.5, 0.6) is 23.0 Å². The third-order valence-corrected chi connectivity index (χ3v) is 17.6. The van der Waals surface area contributed by atoms with Gasteiger partial charge in [0, 0.05) is 58.1 Å². The highest BCUT2D eigenvalue weighted by Gasteiger charge is 2.33.